The summed E-state index contributed by atoms with van der Waals surface area (Å²) >= 11 is 0. The molecule has 3 saturated heterocycles. The third-order valence-electron chi connectivity index (χ3n) is 3.49. The molecule has 4 fully saturated rings. The molecule has 4 aliphatic rings. The number of nitrogens with zero attached hydrogens (tertiary/aromatic N) is 1. The number of carboxylic acid groups (broad SMARTS) is 1. The molecule has 10 heavy (non-hydrogen) atoms. The van der Waals surface area contributed by atoms with Crippen molar-refractivity contribution in [2.24, 2.45) is 17.3 Å². The van der Waals surface area contributed by atoms with Gasteiger partial charge in [-0.25, -0.2) is 0 Å². The van der Waals surface area contributed by atoms with Crippen LogP contribution in [0.2, 0.25) is 0 Å². The predicted molar refractivity (Wildman–Crippen MR) is 33.5 cm³/mol. The van der Waals surface area contributed by atoms with Crippen molar-refractivity contribution in [3.63, 3.8) is 0 Å². The fourth-order valence-corrected chi connectivity index (χ4v) is 2.93. The maximum atomic E-state index is 10.8. The first kappa shape index (κ1) is 5.13. The van der Waals surface area contributed by atoms with Crippen molar-refractivity contribution in [2.75, 3.05) is 19.6 Å². The van der Waals surface area contributed by atoms with Crippen molar-refractivity contribution < 1.29 is 9.90 Å². The maximum absolute atomic E-state index is 10.8. The average Bonchev–Trinajstić information content (AvgIpc) is 2.42. The van der Waals surface area contributed by atoms with Crippen LogP contribution in [0.5, 0.6) is 0 Å². The van der Waals surface area contributed by atoms with Gasteiger partial charge in [0.05, 0.1) is 5.41 Å². The quantitative estimate of drug-likeness (QED) is 0.539. The Labute approximate surface area is 58.6 Å². The van der Waals surface area contributed by atoms with E-state index in [1.807, 2.05) is 0 Å². The minimum atomic E-state index is -0.553. The summed E-state index contributed by atoms with van der Waals surface area (Å²) in [5.41, 5.74) is -0.264. The Kier molecular flexibility index (Phi) is 0.572. The zero-order chi connectivity index (χ0) is 6.93. The number of hydrogen-bond donors (Lipinski definition) is 1. The number of piperidine rings is 3. The second-order valence-electron chi connectivity index (χ2n) is 3.75. The van der Waals surface area contributed by atoms with E-state index in [1.165, 1.54) is 0 Å². The molecule has 0 aromatic carbocycles. The first-order valence-corrected chi connectivity index (χ1v) is 3.71. The molecule has 54 valence electrons. The second kappa shape index (κ2) is 1.11. The van der Waals surface area contributed by atoms with E-state index in [2.05, 4.69) is 4.90 Å². The average molecular weight is 139 g/mol. The Balaban J connectivity index is 2.06. The van der Waals surface area contributed by atoms with Crippen LogP contribution in [0, 0.1) is 17.3 Å². The Morgan fingerprint density at radius 1 is 1.50 bits per heavy atom. The standard InChI is InChI=1S/C7H9NO2/c9-6(10)7-3-8-1-4(7)5(7)2-8/h4-5H,1-3H2,(H,9,10). The lowest BCUT2D eigenvalue weighted by atomic mass is 10.1. The van der Waals surface area contributed by atoms with Crippen LogP contribution in [0.3, 0.4) is 0 Å². The van der Waals surface area contributed by atoms with Crippen molar-refractivity contribution in [2.45, 2.75) is 0 Å². The lowest BCUT2D eigenvalue weighted by Crippen LogP contribution is -2.20. The summed E-state index contributed by atoms with van der Waals surface area (Å²) < 4.78 is 0. The van der Waals surface area contributed by atoms with Crippen LogP contribution in [0.1, 0.15) is 0 Å². The summed E-state index contributed by atoms with van der Waals surface area (Å²) in [6.45, 7) is 2.94. The molecular weight excluding hydrogens is 130 g/mol. The third-order valence-corrected chi connectivity index (χ3v) is 3.49. The molecule has 1 N–H and O–H groups in total. The van der Waals surface area contributed by atoms with E-state index in [-0.39, 0.29) is 5.41 Å². The molecule has 2 atom stereocenters. The van der Waals surface area contributed by atoms with Crippen molar-refractivity contribution in [3.8, 4) is 0 Å². The van der Waals surface area contributed by atoms with Gasteiger partial charge in [-0.05, 0) is 11.8 Å². The molecule has 0 amide bonds. The molecule has 0 aromatic rings. The zero-order valence-electron chi connectivity index (χ0n) is 5.58. The Morgan fingerprint density at radius 2 is 2.10 bits per heavy atom. The Bertz CT molecular complexity index is 214. The van der Waals surface area contributed by atoms with Gasteiger partial charge in [0, 0.05) is 19.6 Å². The van der Waals surface area contributed by atoms with Gasteiger partial charge in [-0.1, -0.05) is 0 Å². The van der Waals surface area contributed by atoms with Crippen LogP contribution < -0.4 is 0 Å². The highest BCUT2D eigenvalue weighted by Gasteiger charge is 2.78. The lowest BCUT2D eigenvalue weighted by molar-refractivity contribution is -0.143. The maximum Gasteiger partial charge on any atom is 0.311 e. The monoisotopic (exact) mass is 139 g/mol. The number of rotatable bonds is 1. The van der Waals surface area contributed by atoms with Crippen molar-refractivity contribution in [3.05, 3.63) is 0 Å². The molecular formula is C7H9NO2. The second-order valence-corrected chi connectivity index (χ2v) is 3.75. The Morgan fingerprint density at radius 3 is 2.30 bits per heavy atom. The summed E-state index contributed by atoms with van der Waals surface area (Å²) in [6.07, 6.45) is 0. The van der Waals surface area contributed by atoms with Gasteiger partial charge in [-0.3, -0.25) is 4.79 Å². The summed E-state index contributed by atoms with van der Waals surface area (Å²) in [5, 5.41) is 8.88. The Hall–Kier alpha value is -0.570. The normalized spacial score (nSPS) is 61.0. The molecule has 3 aliphatic heterocycles. The van der Waals surface area contributed by atoms with Crippen molar-refractivity contribution in [1.29, 1.82) is 0 Å². The van der Waals surface area contributed by atoms with Gasteiger partial charge < -0.3 is 10.0 Å². The molecule has 0 aromatic heterocycles. The van der Waals surface area contributed by atoms with E-state index in [4.69, 9.17) is 5.11 Å². The van der Waals surface area contributed by atoms with Gasteiger partial charge in [0.25, 0.3) is 0 Å². The van der Waals surface area contributed by atoms with Gasteiger partial charge in [0.1, 0.15) is 0 Å². The fraction of sp³-hybridized carbons (Fsp3) is 0.857. The van der Waals surface area contributed by atoms with Crippen LogP contribution in [0.15, 0.2) is 0 Å². The molecule has 3 nitrogen and oxygen atoms in total. The summed E-state index contributed by atoms with van der Waals surface area (Å²) in [6, 6.07) is 0. The van der Waals surface area contributed by atoms with E-state index >= 15 is 0 Å². The molecule has 4 bridgehead atoms. The minimum absolute atomic E-state index is 0.264. The van der Waals surface area contributed by atoms with Gasteiger partial charge in [0.15, 0.2) is 0 Å². The molecule has 1 aliphatic carbocycles. The first-order chi connectivity index (χ1) is 4.75. The lowest BCUT2D eigenvalue weighted by Gasteiger charge is -2.03. The van der Waals surface area contributed by atoms with Gasteiger partial charge >= 0.3 is 5.97 Å². The van der Waals surface area contributed by atoms with E-state index in [0.29, 0.717) is 11.8 Å². The molecule has 3 heteroatoms. The van der Waals surface area contributed by atoms with Crippen LogP contribution in [-0.2, 0) is 4.79 Å². The van der Waals surface area contributed by atoms with Gasteiger partial charge in [0.2, 0.25) is 0 Å². The number of aliphatic carboxylic acids is 1. The summed E-state index contributed by atoms with van der Waals surface area (Å²) in [5.74, 6) is 0.484. The van der Waals surface area contributed by atoms with Crippen LogP contribution in [0.4, 0.5) is 0 Å². The fourth-order valence-electron chi connectivity index (χ4n) is 2.93. The first-order valence-electron chi connectivity index (χ1n) is 3.71. The molecule has 2 unspecified atom stereocenters. The largest absolute Gasteiger partial charge is 0.481 e. The number of carbonyl (C=O) groups is 1. The van der Waals surface area contributed by atoms with Gasteiger partial charge in [-0.2, -0.15) is 0 Å². The van der Waals surface area contributed by atoms with E-state index in [0.717, 1.165) is 19.6 Å². The number of carboxylic acids is 1. The highest BCUT2D eigenvalue weighted by atomic mass is 16.4. The highest BCUT2D eigenvalue weighted by Crippen LogP contribution is 2.68. The van der Waals surface area contributed by atoms with Crippen LogP contribution in [0.25, 0.3) is 0 Å². The predicted octanol–water partition coefficient (Wildman–Crippen LogP) is -0.367. The van der Waals surface area contributed by atoms with E-state index in [9.17, 15) is 4.79 Å². The molecule has 4 rings (SSSR count). The highest BCUT2D eigenvalue weighted by molar-refractivity contribution is 5.81. The topological polar surface area (TPSA) is 40.5 Å². The molecule has 0 spiro atoms. The summed E-state index contributed by atoms with van der Waals surface area (Å²) in [7, 11) is 0. The smallest absolute Gasteiger partial charge is 0.311 e. The molecule has 0 radical (unpaired) electrons. The molecule has 1 saturated carbocycles. The van der Waals surface area contributed by atoms with E-state index in [1.54, 1.807) is 0 Å². The summed E-state index contributed by atoms with van der Waals surface area (Å²) in [4.78, 5) is 13.0. The molecule has 3 heterocycles. The zero-order valence-corrected chi connectivity index (χ0v) is 5.58. The van der Waals surface area contributed by atoms with Crippen molar-refractivity contribution >= 4 is 5.97 Å². The van der Waals surface area contributed by atoms with Crippen LogP contribution in [-0.4, -0.2) is 35.6 Å². The SMILES string of the molecule is O=C(O)C12CN3CC1C2C3. The van der Waals surface area contributed by atoms with E-state index < -0.39 is 5.97 Å². The van der Waals surface area contributed by atoms with Gasteiger partial charge in [-0.15, -0.1) is 0 Å². The third kappa shape index (κ3) is 0.292. The van der Waals surface area contributed by atoms with Crippen molar-refractivity contribution in [1.82, 2.24) is 4.90 Å². The minimum Gasteiger partial charge on any atom is -0.481 e. The number of hydrogen-bond acceptors (Lipinski definition) is 2. The van der Waals surface area contributed by atoms with Crippen LogP contribution >= 0.6 is 0 Å².